The Bertz CT molecular complexity index is 425. The van der Waals surface area contributed by atoms with Gasteiger partial charge in [0.25, 0.3) is 0 Å². The lowest BCUT2D eigenvalue weighted by Gasteiger charge is -1.91. The molecule has 0 aliphatic rings. The summed E-state index contributed by atoms with van der Waals surface area (Å²) in [6, 6.07) is 0. The molecule has 2 nitrogen and oxygen atoms in total. The van der Waals surface area contributed by atoms with Crippen LogP contribution in [0.3, 0.4) is 0 Å². The predicted molar refractivity (Wildman–Crippen MR) is 105 cm³/mol. The molecule has 0 aliphatic carbocycles. The van der Waals surface area contributed by atoms with Crippen molar-refractivity contribution >= 4 is 5.97 Å². The molecule has 0 aromatic rings. The van der Waals surface area contributed by atoms with Gasteiger partial charge in [-0.2, -0.15) is 0 Å². The normalized spacial score (nSPS) is 12.7. The van der Waals surface area contributed by atoms with E-state index in [1.807, 2.05) is 18.2 Å². The predicted octanol–water partition coefficient (Wildman–Crippen LogP) is 6.77. The second-order valence-corrected chi connectivity index (χ2v) is 5.79. The summed E-state index contributed by atoms with van der Waals surface area (Å²) < 4.78 is 0. The van der Waals surface area contributed by atoms with E-state index >= 15 is 0 Å². The molecule has 0 bridgehead atoms. The average Bonchev–Trinajstić information content (AvgIpc) is 2.56. The van der Waals surface area contributed by atoms with Crippen LogP contribution in [0.25, 0.3) is 0 Å². The molecule has 0 aromatic heterocycles. The number of carboxylic acid groups (broad SMARTS) is 1. The summed E-state index contributed by atoms with van der Waals surface area (Å²) >= 11 is 0. The van der Waals surface area contributed by atoms with E-state index < -0.39 is 5.97 Å². The van der Waals surface area contributed by atoms with Crippen molar-refractivity contribution in [3.05, 3.63) is 60.8 Å². The van der Waals surface area contributed by atoms with Gasteiger partial charge in [-0.15, -0.1) is 0 Å². The molecule has 0 radical (unpaired) electrons. The molecule has 0 amide bonds. The summed E-state index contributed by atoms with van der Waals surface area (Å²) in [5.74, 6) is -0.707. The highest BCUT2D eigenvalue weighted by Gasteiger charge is 1.93. The van der Waals surface area contributed by atoms with E-state index in [0.29, 0.717) is 0 Å². The molecule has 2 heteroatoms. The van der Waals surface area contributed by atoms with Crippen LogP contribution in [0.4, 0.5) is 0 Å². The zero-order valence-electron chi connectivity index (χ0n) is 15.2. The van der Waals surface area contributed by atoms with Crippen LogP contribution >= 0.6 is 0 Å². The Morgan fingerprint density at radius 3 is 2.00 bits per heavy atom. The third-order valence-corrected chi connectivity index (χ3v) is 3.47. The van der Waals surface area contributed by atoms with Crippen molar-refractivity contribution in [2.24, 2.45) is 0 Å². The number of hydrogen-bond donors (Lipinski definition) is 1. The molecule has 0 rings (SSSR count). The van der Waals surface area contributed by atoms with Crippen molar-refractivity contribution in [3.63, 3.8) is 0 Å². The third kappa shape index (κ3) is 20.2. The highest BCUT2D eigenvalue weighted by atomic mass is 16.4. The highest BCUT2D eigenvalue weighted by molar-refractivity contribution is 5.66. The molecule has 0 aromatic carbocycles. The molecular formula is C22H34O2. The van der Waals surface area contributed by atoms with Gasteiger partial charge in [0.15, 0.2) is 0 Å². The van der Waals surface area contributed by atoms with Crippen LogP contribution in [0.15, 0.2) is 60.8 Å². The fourth-order valence-electron chi connectivity index (χ4n) is 2.07. The van der Waals surface area contributed by atoms with Gasteiger partial charge >= 0.3 is 5.97 Å². The van der Waals surface area contributed by atoms with Gasteiger partial charge in [-0.1, -0.05) is 80.5 Å². The number of aliphatic carboxylic acids is 1. The zero-order chi connectivity index (χ0) is 17.7. The van der Waals surface area contributed by atoms with Crippen LogP contribution in [0.1, 0.15) is 71.1 Å². The molecule has 134 valence electrons. The number of allylic oxidation sites excluding steroid dienone is 10. The molecule has 0 unspecified atom stereocenters. The van der Waals surface area contributed by atoms with E-state index in [9.17, 15) is 4.79 Å². The minimum Gasteiger partial charge on any atom is -0.481 e. The van der Waals surface area contributed by atoms with E-state index in [1.165, 1.54) is 25.7 Å². The van der Waals surface area contributed by atoms with E-state index in [-0.39, 0.29) is 6.42 Å². The Morgan fingerprint density at radius 2 is 1.29 bits per heavy atom. The number of hydrogen-bond acceptors (Lipinski definition) is 1. The van der Waals surface area contributed by atoms with E-state index in [0.717, 1.165) is 32.1 Å². The van der Waals surface area contributed by atoms with Crippen LogP contribution in [0.5, 0.6) is 0 Å². The maximum atomic E-state index is 10.3. The van der Waals surface area contributed by atoms with Gasteiger partial charge in [-0.25, -0.2) is 0 Å². The van der Waals surface area contributed by atoms with Gasteiger partial charge in [0.1, 0.15) is 0 Å². The lowest BCUT2D eigenvalue weighted by molar-refractivity contribution is -0.137. The Morgan fingerprint density at radius 1 is 0.708 bits per heavy atom. The monoisotopic (exact) mass is 330 g/mol. The van der Waals surface area contributed by atoms with Crippen LogP contribution in [0, 0.1) is 0 Å². The molecular weight excluding hydrogens is 296 g/mol. The van der Waals surface area contributed by atoms with Crippen molar-refractivity contribution in [2.45, 2.75) is 71.1 Å². The van der Waals surface area contributed by atoms with Gasteiger partial charge in [0, 0.05) is 6.42 Å². The van der Waals surface area contributed by atoms with Crippen molar-refractivity contribution < 1.29 is 9.90 Å². The first-order chi connectivity index (χ1) is 11.8. The molecule has 0 spiro atoms. The van der Waals surface area contributed by atoms with Gasteiger partial charge in [0.2, 0.25) is 0 Å². The van der Waals surface area contributed by atoms with Crippen molar-refractivity contribution in [1.29, 1.82) is 0 Å². The largest absolute Gasteiger partial charge is 0.481 e. The van der Waals surface area contributed by atoms with Gasteiger partial charge < -0.3 is 5.11 Å². The zero-order valence-corrected chi connectivity index (χ0v) is 15.2. The summed E-state index contributed by atoms with van der Waals surface area (Å²) in [7, 11) is 0. The van der Waals surface area contributed by atoms with Crippen molar-refractivity contribution in [3.8, 4) is 0 Å². The Balaban J connectivity index is 3.50. The molecule has 0 saturated heterocycles. The smallest absolute Gasteiger partial charge is 0.303 e. The minimum absolute atomic E-state index is 0.272. The SMILES string of the molecule is CCCCC/C=C/C/C=C/C/C=C/C=C/C=C/CCCCC(=O)O. The first kappa shape index (κ1) is 22.2. The second-order valence-electron chi connectivity index (χ2n) is 5.79. The van der Waals surface area contributed by atoms with Crippen LogP contribution < -0.4 is 0 Å². The molecule has 0 heterocycles. The van der Waals surface area contributed by atoms with Crippen molar-refractivity contribution in [2.75, 3.05) is 0 Å². The first-order valence-corrected chi connectivity index (χ1v) is 9.27. The maximum absolute atomic E-state index is 10.3. The van der Waals surface area contributed by atoms with Crippen LogP contribution in [-0.4, -0.2) is 11.1 Å². The molecule has 24 heavy (non-hydrogen) atoms. The number of rotatable bonds is 15. The molecule has 0 saturated carbocycles. The lowest BCUT2D eigenvalue weighted by Crippen LogP contribution is -1.92. The standard InChI is InChI=1S/C22H34O2/c1-2-3-4-5-6-7-8-9-10-11-12-13-14-15-16-17-18-19-20-21-22(23)24/h6-7,9-10,12-17H,2-5,8,11,18-21H2,1H3,(H,23,24)/b7-6+,10-9+,13-12+,15-14+,17-16+. The fraction of sp³-hybridized carbons (Fsp3) is 0.500. The minimum atomic E-state index is -0.707. The summed E-state index contributed by atoms with van der Waals surface area (Å²) in [4.78, 5) is 10.3. The maximum Gasteiger partial charge on any atom is 0.303 e. The van der Waals surface area contributed by atoms with E-state index in [4.69, 9.17) is 5.11 Å². The third-order valence-electron chi connectivity index (χ3n) is 3.47. The fourth-order valence-corrected chi connectivity index (χ4v) is 2.07. The summed E-state index contributed by atoms with van der Waals surface area (Å²) in [5.41, 5.74) is 0. The first-order valence-electron chi connectivity index (χ1n) is 9.27. The highest BCUT2D eigenvalue weighted by Crippen LogP contribution is 2.01. The Labute approximate surface area is 148 Å². The molecule has 0 aliphatic heterocycles. The van der Waals surface area contributed by atoms with Crippen molar-refractivity contribution in [1.82, 2.24) is 0 Å². The number of carboxylic acids is 1. The van der Waals surface area contributed by atoms with E-state index in [1.54, 1.807) is 0 Å². The second kappa shape index (κ2) is 19.2. The van der Waals surface area contributed by atoms with E-state index in [2.05, 4.69) is 49.5 Å². The topological polar surface area (TPSA) is 37.3 Å². The Kier molecular flexibility index (Phi) is 17.8. The van der Waals surface area contributed by atoms with Gasteiger partial charge in [-0.3, -0.25) is 4.79 Å². The van der Waals surface area contributed by atoms with Gasteiger partial charge in [0.05, 0.1) is 0 Å². The molecule has 0 atom stereocenters. The number of unbranched alkanes of at least 4 members (excludes halogenated alkanes) is 5. The summed E-state index contributed by atoms with van der Waals surface area (Å²) in [6.07, 6.45) is 31.3. The van der Waals surface area contributed by atoms with Gasteiger partial charge in [-0.05, 0) is 44.9 Å². The lowest BCUT2D eigenvalue weighted by atomic mass is 10.2. The van der Waals surface area contributed by atoms with Crippen LogP contribution in [-0.2, 0) is 4.79 Å². The average molecular weight is 331 g/mol. The molecule has 1 N–H and O–H groups in total. The molecule has 0 fully saturated rings. The quantitative estimate of drug-likeness (QED) is 0.204. The Hall–Kier alpha value is -1.83. The number of carbonyl (C=O) groups is 1. The summed E-state index contributed by atoms with van der Waals surface area (Å²) in [5, 5.41) is 8.51. The van der Waals surface area contributed by atoms with Crippen LogP contribution in [0.2, 0.25) is 0 Å². The summed E-state index contributed by atoms with van der Waals surface area (Å²) in [6.45, 7) is 2.23.